The summed E-state index contributed by atoms with van der Waals surface area (Å²) in [7, 11) is 2.00. The first-order chi connectivity index (χ1) is 7.54. The second-order valence-corrected chi connectivity index (χ2v) is 5.77. The van der Waals surface area contributed by atoms with Gasteiger partial charge in [-0.15, -0.1) is 6.58 Å². The van der Waals surface area contributed by atoms with Gasteiger partial charge in [0.05, 0.1) is 0 Å². The molecule has 1 nitrogen and oxygen atoms in total. The summed E-state index contributed by atoms with van der Waals surface area (Å²) in [5.41, 5.74) is 2.52. The minimum Gasteiger partial charge on any atom is -0.313 e. The molecule has 1 unspecified atom stereocenters. The van der Waals surface area contributed by atoms with E-state index in [1.807, 2.05) is 13.1 Å². The summed E-state index contributed by atoms with van der Waals surface area (Å²) in [6.45, 7) is 6.02. The first-order valence-electron chi connectivity index (χ1n) is 5.31. The number of benzene rings is 1. The second-order valence-electron chi connectivity index (χ2n) is 4.00. The zero-order valence-electron chi connectivity index (χ0n) is 9.69. The molecule has 0 bridgehead atoms. The van der Waals surface area contributed by atoms with Crippen LogP contribution in [-0.2, 0) is 0 Å². The minimum atomic E-state index is 0.364. The molecule has 16 heavy (non-hydrogen) atoms. The van der Waals surface area contributed by atoms with Crippen molar-refractivity contribution in [2.75, 3.05) is 7.05 Å². The summed E-state index contributed by atoms with van der Waals surface area (Å²) in [6.07, 6.45) is 2.12. The van der Waals surface area contributed by atoms with E-state index in [0.29, 0.717) is 6.04 Å². The van der Waals surface area contributed by atoms with E-state index in [9.17, 15) is 0 Å². The van der Waals surface area contributed by atoms with Crippen LogP contribution in [0.2, 0.25) is 0 Å². The van der Waals surface area contributed by atoms with Gasteiger partial charge in [0.1, 0.15) is 0 Å². The standard InChI is InChI=1S/C13H17Br2N/c1-9(2)4-7-13(16-3)11-8-10(14)5-6-12(11)15/h5-6,8,13,16H,1,4,7H2,2-3H3. The van der Waals surface area contributed by atoms with Crippen LogP contribution in [0.3, 0.4) is 0 Å². The Bertz CT molecular complexity index is 374. The summed E-state index contributed by atoms with van der Waals surface area (Å²) in [5, 5.41) is 3.35. The Morgan fingerprint density at radius 3 is 2.69 bits per heavy atom. The van der Waals surface area contributed by atoms with Crippen LogP contribution in [-0.4, -0.2) is 7.05 Å². The number of hydrogen-bond acceptors (Lipinski definition) is 1. The smallest absolute Gasteiger partial charge is 0.0332 e. The number of halogens is 2. The third-order valence-electron chi connectivity index (χ3n) is 2.54. The van der Waals surface area contributed by atoms with Gasteiger partial charge in [0.25, 0.3) is 0 Å². The number of hydrogen-bond donors (Lipinski definition) is 1. The molecule has 0 spiro atoms. The maximum Gasteiger partial charge on any atom is 0.0332 e. The van der Waals surface area contributed by atoms with Gasteiger partial charge >= 0.3 is 0 Å². The predicted octanol–water partition coefficient (Wildman–Crippen LogP) is 4.83. The van der Waals surface area contributed by atoms with Crippen LogP contribution >= 0.6 is 31.9 Å². The largest absolute Gasteiger partial charge is 0.313 e. The van der Waals surface area contributed by atoms with Crippen molar-refractivity contribution in [1.82, 2.24) is 5.32 Å². The monoisotopic (exact) mass is 345 g/mol. The van der Waals surface area contributed by atoms with E-state index < -0.39 is 0 Å². The second kappa shape index (κ2) is 6.58. The third kappa shape index (κ3) is 4.04. The molecule has 0 saturated carbocycles. The molecule has 1 aromatic carbocycles. The molecule has 0 aromatic heterocycles. The lowest BCUT2D eigenvalue weighted by molar-refractivity contribution is 0.546. The molecule has 1 atom stereocenters. The fourth-order valence-corrected chi connectivity index (χ4v) is 2.53. The maximum atomic E-state index is 3.95. The van der Waals surface area contributed by atoms with Gasteiger partial charge in [0, 0.05) is 15.0 Å². The average Bonchev–Trinajstić information content (AvgIpc) is 2.23. The Labute approximate surface area is 115 Å². The van der Waals surface area contributed by atoms with Gasteiger partial charge in [0.2, 0.25) is 0 Å². The highest BCUT2D eigenvalue weighted by molar-refractivity contribution is 9.11. The molecule has 3 heteroatoms. The molecule has 0 radical (unpaired) electrons. The molecule has 0 heterocycles. The van der Waals surface area contributed by atoms with Crippen LogP contribution in [0.15, 0.2) is 39.3 Å². The first-order valence-corrected chi connectivity index (χ1v) is 6.89. The molecule has 0 amide bonds. The van der Waals surface area contributed by atoms with E-state index in [2.05, 4.69) is 62.8 Å². The highest BCUT2D eigenvalue weighted by atomic mass is 79.9. The Balaban J connectivity index is 2.85. The Morgan fingerprint density at radius 2 is 2.12 bits per heavy atom. The highest BCUT2D eigenvalue weighted by Gasteiger charge is 2.12. The van der Waals surface area contributed by atoms with Crippen LogP contribution in [0.4, 0.5) is 0 Å². The fourth-order valence-electron chi connectivity index (χ4n) is 1.63. The topological polar surface area (TPSA) is 12.0 Å². The Kier molecular flexibility index (Phi) is 5.73. The zero-order chi connectivity index (χ0) is 12.1. The summed E-state index contributed by atoms with van der Waals surface area (Å²) < 4.78 is 2.26. The van der Waals surface area contributed by atoms with E-state index in [1.54, 1.807) is 0 Å². The van der Waals surface area contributed by atoms with Crippen molar-refractivity contribution in [2.24, 2.45) is 0 Å². The summed E-state index contributed by atoms with van der Waals surface area (Å²) >= 11 is 7.10. The van der Waals surface area contributed by atoms with Gasteiger partial charge in [-0.2, -0.15) is 0 Å². The highest BCUT2D eigenvalue weighted by Crippen LogP contribution is 2.29. The number of rotatable bonds is 5. The first kappa shape index (κ1) is 13.9. The van der Waals surface area contributed by atoms with Crippen molar-refractivity contribution < 1.29 is 0 Å². The molecular weight excluding hydrogens is 330 g/mol. The van der Waals surface area contributed by atoms with Crippen molar-refractivity contribution in [3.63, 3.8) is 0 Å². The van der Waals surface area contributed by atoms with Crippen molar-refractivity contribution in [3.8, 4) is 0 Å². The molecule has 0 aliphatic rings. The fraction of sp³-hybridized carbons (Fsp3) is 0.385. The van der Waals surface area contributed by atoms with Crippen LogP contribution in [0.25, 0.3) is 0 Å². The Hall–Kier alpha value is -0.120. The Morgan fingerprint density at radius 1 is 1.44 bits per heavy atom. The lowest BCUT2D eigenvalue weighted by Gasteiger charge is -2.18. The molecule has 88 valence electrons. The average molecular weight is 347 g/mol. The van der Waals surface area contributed by atoms with Crippen molar-refractivity contribution in [3.05, 3.63) is 44.9 Å². The molecule has 0 saturated heterocycles. The van der Waals surface area contributed by atoms with E-state index in [-0.39, 0.29) is 0 Å². The SMILES string of the molecule is C=C(C)CCC(NC)c1cc(Br)ccc1Br. The van der Waals surface area contributed by atoms with Crippen LogP contribution < -0.4 is 5.32 Å². The van der Waals surface area contributed by atoms with Crippen molar-refractivity contribution in [2.45, 2.75) is 25.8 Å². The summed E-state index contributed by atoms with van der Waals surface area (Å²) in [5.74, 6) is 0. The van der Waals surface area contributed by atoms with E-state index in [1.165, 1.54) is 11.1 Å². The normalized spacial score (nSPS) is 12.5. The molecule has 0 fully saturated rings. The van der Waals surface area contributed by atoms with Gasteiger partial charge in [-0.3, -0.25) is 0 Å². The van der Waals surface area contributed by atoms with Crippen LogP contribution in [0.1, 0.15) is 31.4 Å². The molecule has 1 N–H and O–H groups in total. The molecule has 1 rings (SSSR count). The molecule has 1 aromatic rings. The minimum absolute atomic E-state index is 0.364. The van der Waals surface area contributed by atoms with Gasteiger partial charge in [-0.05, 0) is 50.6 Å². The van der Waals surface area contributed by atoms with E-state index >= 15 is 0 Å². The van der Waals surface area contributed by atoms with E-state index in [0.717, 1.165) is 21.8 Å². The zero-order valence-corrected chi connectivity index (χ0v) is 12.9. The van der Waals surface area contributed by atoms with Crippen LogP contribution in [0.5, 0.6) is 0 Å². The third-order valence-corrected chi connectivity index (χ3v) is 3.76. The number of nitrogens with one attached hydrogen (secondary N) is 1. The number of allylic oxidation sites excluding steroid dienone is 1. The van der Waals surface area contributed by atoms with Gasteiger partial charge in [0.15, 0.2) is 0 Å². The summed E-state index contributed by atoms with van der Waals surface area (Å²) in [6, 6.07) is 6.64. The molecule has 0 aliphatic carbocycles. The lowest BCUT2D eigenvalue weighted by Crippen LogP contribution is -2.16. The van der Waals surface area contributed by atoms with Crippen LogP contribution in [0, 0.1) is 0 Å². The van der Waals surface area contributed by atoms with Gasteiger partial charge < -0.3 is 5.32 Å². The molecular formula is C13H17Br2N. The summed E-state index contributed by atoms with van der Waals surface area (Å²) in [4.78, 5) is 0. The van der Waals surface area contributed by atoms with Gasteiger partial charge in [-0.1, -0.05) is 37.4 Å². The quantitative estimate of drug-likeness (QED) is 0.753. The van der Waals surface area contributed by atoms with Crippen molar-refractivity contribution >= 4 is 31.9 Å². The van der Waals surface area contributed by atoms with Crippen molar-refractivity contribution in [1.29, 1.82) is 0 Å². The van der Waals surface area contributed by atoms with Gasteiger partial charge in [-0.25, -0.2) is 0 Å². The maximum absolute atomic E-state index is 3.95. The lowest BCUT2D eigenvalue weighted by atomic mass is 10.0. The predicted molar refractivity (Wildman–Crippen MR) is 77.7 cm³/mol. The molecule has 0 aliphatic heterocycles. The van der Waals surface area contributed by atoms with E-state index in [4.69, 9.17) is 0 Å².